The zero-order valence-electron chi connectivity index (χ0n) is 25.0. The number of rotatable bonds is 12. The molecule has 0 amide bonds. The molecule has 2 bridgehead atoms. The van der Waals surface area contributed by atoms with Crippen LogP contribution in [-0.2, 0) is 32.2 Å². The first kappa shape index (κ1) is 32.0. The summed E-state index contributed by atoms with van der Waals surface area (Å²) in [7, 11) is -7.57. The van der Waals surface area contributed by atoms with Crippen LogP contribution in [0.2, 0.25) is 0 Å². The number of sulfonamides is 2. The fraction of sp³-hybridized carbons (Fsp3) is 0.625. The lowest BCUT2D eigenvalue weighted by Gasteiger charge is -2.41. The Kier molecular flexibility index (Phi) is 9.53. The molecule has 0 spiro atoms. The number of aliphatic hydroxyl groups is 1. The molecule has 7 nitrogen and oxygen atoms in total. The van der Waals surface area contributed by atoms with E-state index in [9.17, 15) is 21.9 Å². The Bertz CT molecular complexity index is 1440. The van der Waals surface area contributed by atoms with Crippen LogP contribution < -0.4 is 9.44 Å². The van der Waals surface area contributed by atoms with Gasteiger partial charge in [-0.1, -0.05) is 68.7 Å². The molecule has 3 aliphatic carbocycles. The van der Waals surface area contributed by atoms with E-state index in [1.807, 2.05) is 23.9 Å². The molecule has 5 rings (SSSR count). The highest BCUT2D eigenvalue weighted by Gasteiger charge is 2.65. The lowest BCUT2D eigenvalue weighted by Crippen LogP contribution is -2.55. The number of aryl methyl sites for hydroxylation is 2. The van der Waals surface area contributed by atoms with Crippen molar-refractivity contribution in [3.63, 3.8) is 0 Å². The quantitative estimate of drug-likeness (QED) is 0.278. The van der Waals surface area contributed by atoms with Crippen LogP contribution in [0.25, 0.3) is 0 Å². The standard InChI is InChI=1S/C32H46N2O5S3/c1-23-8-10-25(11-9-23)21-40-19-17-24-12-14-27(15-13-24)42(38,39)34-29-7-5-4-6-28(29)33-41(36,37)22-32-18-16-26(20-30(32)35)31(32,2)3/h8-15,26,28-30,33-35H,4-7,16-22H2,1-3H3/t26?,28-,29-,30?,32?/m1/s1. The van der Waals surface area contributed by atoms with E-state index in [-0.39, 0.29) is 16.1 Å². The van der Waals surface area contributed by atoms with Crippen LogP contribution >= 0.6 is 11.8 Å². The van der Waals surface area contributed by atoms with Crippen molar-refractivity contribution < 1.29 is 21.9 Å². The van der Waals surface area contributed by atoms with Crippen molar-refractivity contribution in [1.29, 1.82) is 0 Å². The number of fused-ring (bicyclic) bond motifs is 2. The third-order valence-corrected chi connectivity index (χ3v) is 14.5. The molecule has 0 radical (unpaired) electrons. The number of nitrogens with one attached hydrogen (secondary N) is 2. The van der Waals surface area contributed by atoms with Gasteiger partial charge in [-0.05, 0) is 85.8 Å². The van der Waals surface area contributed by atoms with E-state index in [4.69, 9.17) is 0 Å². The van der Waals surface area contributed by atoms with Gasteiger partial charge in [0.05, 0.1) is 16.8 Å². The molecular formula is C32H46N2O5S3. The van der Waals surface area contributed by atoms with Crippen molar-refractivity contribution >= 4 is 31.8 Å². The van der Waals surface area contributed by atoms with E-state index in [2.05, 4.69) is 54.5 Å². The Morgan fingerprint density at radius 1 is 0.881 bits per heavy atom. The lowest BCUT2D eigenvalue weighted by atomic mass is 9.70. The number of hydrogen-bond acceptors (Lipinski definition) is 6. The van der Waals surface area contributed by atoms with Crippen LogP contribution in [0.3, 0.4) is 0 Å². The highest BCUT2D eigenvalue weighted by atomic mass is 32.2. The van der Waals surface area contributed by atoms with Gasteiger partial charge in [0.2, 0.25) is 20.0 Å². The molecule has 3 saturated carbocycles. The number of hydrogen-bond donors (Lipinski definition) is 3. The van der Waals surface area contributed by atoms with E-state index in [0.29, 0.717) is 31.6 Å². The van der Waals surface area contributed by atoms with Gasteiger partial charge in [-0.15, -0.1) is 0 Å². The minimum Gasteiger partial charge on any atom is -0.392 e. The Balaban J connectivity index is 1.17. The van der Waals surface area contributed by atoms with Crippen LogP contribution in [0.1, 0.15) is 75.5 Å². The van der Waals surface area contributed by atoms with Crippen LogP contribution in [-0.4, -0.2) is 51.6 Å². The topological polar surface area (TPSA) is 113 Å². The summed E-state index contributed by atoms with van der Waals surface area (Å²) in [6.45, 7) is 6.26. The third-order valence-electron chi connectivity index (χ3n) is 10.4. The number of thioether (sulfide) groups is 1. The zero-order chi connectivity index (χ0) is 30.2. The molecule has 10 heteroatoms. The highest BCUT2D eigenvalue weighted by molar-refractivity contribution is 7.98. The van der Waals surface area contributed by atoms with Crippen LogP contribution in [0.15, 0.2) is 53.4 Å². The van der Waals surface area contributed by atoms with Gasteiger partial charge in [0.1, 0.15) is 0 Å². The Morgan fingerprint density at radius 2 is 1.50 bits per heavy atom. The monoisotopic (exact) mass is 634 g/mol. The van der Waals surface area contributed by atoms with Crippen molar-refractivity contribution in [2.75, 3.05) is 11.5 Å². The van der Waals surface area contributed by atoms with E-state index >= 15 is 0 Å². The first-order valence-electron chi connectivity index (χ1n) is 15.2. The second kappa shape index (κ2) is 12.5. The van der Waals surface area contributed by atoms with Gasteiger partial charge < -0.3 is 5.11 Å². The first-order chi connectivity index (χ1) is 19.8. The van der Waals surface area contributed by atoms with E-state index in [1.54, 1.807) is 12.1 Å². The SMILES string of the molecule is Cc1ccc(CSCCc2ccc(S(=O)(=O)N[C@@H]3CCCC[C@H]3NS(=O)(=O)CC34CCC(CC3O)C4(C)C)cc2)cc1. The summed E-state index contributed by atoms with van der Waals surface area (Å²) in [5.74, 6) is 2.10. The van der Waals surface area contributed by atoms with Crippen LogP contribution in [0.4, 0.5) is 0 Å². The molecule has 5 atom stereocenters. The molecule has 0 saturated heterocycles. The van der Waals surface area contributed by atoms with Gasteiger partial charge in [0, 0.05) is 23.3 Å². The summed E-state index contributed by atoms with van der Waals surface area (Å²) in [6, 6.07) is 14.5. The minimum absolute atomic E-state index is 0.120. The van der Waals surface area contributed by atoms with Gasteiger partial charge >= 0.3 is 0 Å². The van der Waals surface area contributed by atoms with Crippen molar-refractivity contribution in [3.05, 3.63) is 65.2 Å². The minimum atomic E-state index is -3.82. The van der Waals surface area contributed by atoms with E-state index < -0.39 is 43.6 Å². The van der Waals surface area contributed by atoms with Crippen molar-refractivity contribution in [1.82, 2.24) is 9.44 Å². The Morgan fingerprint density at radius 3 is 2.10 bits per heavy atom. The molecule has 3 fully saturated rings. The van der Waals surface area contributed by atoms with Gasteiger partial charge in [-0.2, -0.15) is 11.8 Å². The van der Waals surface area contributed by atoms with Crippen molar-refractivity contribution in [2.24, 2.45) is 16.7 Å². The fourth-order valence-electron chi connectivity index (χ4n) is 7.57. The predicted octanol–water partition coefficient (Wildman–Crippen LogP) is 5.17. The maximum absolute atomic E-state index is 13.5. The number of aliphatic hydroxyl groups excluding tert-OH is 1. The molecule has 3 unspecified atom stereocenters. The normalized spacial score (nSPS) is 29.1. The summed E-state index contributed by atoms with van der Waals surface area (Å²) in [5, 5.41) is 10.9. The summed E-state index contributed by atoms with van der Waals surface area (Å²) in [5.41, 5.74) is 2.73. The zero-order valence-corrected chi connectivity index (χ0v) is 27.5. The molecule has 0 aliphatic heterocycles. The van der Waals surface area contributed by atoms with E-state index in [1.165, 1.54) is 11.1 Å². The molecule has 3 N–H and O–H groups in total. The molecule has 2 aromatic carbocycles. The summed E-state index contributed by atoms with van der Waals surface area (Å²) < 4.78 is 59.4. The molecule has 232 valence electrons. The summed E-state index contributed by atoms with van der Waals surface area (Å²) in [4.78, 5) is 0.192. The van der Waals surface area contributed by atoms with Gasteiger partial charge in [0.25, 0.3) is 0 Å². The Hall–Kier alpha value is -1.43. The average Bonchev–Trinajstić information content (AvgIpc) is 3.27. The lowest BCUT2D eigenvalue weighted by molar-refractivity contribution is 0.0151. The second-order valence-corrected chi connectivity index (χ2v) is 17.9. The third kappa shape index (κ3) is 6.79. The van der Waals surface area contributed by atoms with Gasteiger partial charge in [-0.25, -0.2) is 26.3 Å². The maximum atomic E-state index is 13.5. The summed E-state index contributed by atoms with van der Waals surface area (Å²) >= 11 is 1.86. The van der Waals surface area contributed by atoms with Crippen molar-refractivity contribution in [3.8, 4) is 0 Å². The summed E-state index contributed by atoms with van der Waals surface area (Å²) in [6.07, 6.45) is 5.34. The predicted molar refractivity (Wildman–Crippen MR) is 170 cm³/mol. The van der Waals surface area contributed by atoms with Crippen LogP contribution in [0, 0.1) is 23.7 Å². The molecule has 42 heavy (non-hydrogen) atoms. The molecular weight excluding hydrogens is 589 g/mol. The second-order valence-electron chi connectivity index (χ2n) is 13.3. The van der Waals surface area contributed by atoms with E-state index in [0.717, 1.165) is 42.8 Å². The van der Waals surface area contributed by atoms with Crippen LogP contribution in [0.5, 0.6) is 0 Å². The Labute approximate surface area is 256 Å². The fourth-order valence-corrected chi connectivity index (χ4v) is 12.0. The largest absolute Gasteiger partial charge is 0.392 e. The highest BCUT2D eigenvalue weighted by Crippen LogP contribution is 2.66. The van der Waals surface area contributed by atoms with Gasteiger partial charge in [0.15, 0.2) is 0 Å². The molecule has 0 aromatic heterocycles. The smallest absolute Gasteiger partial charge is 0.240 e. The van der Waals surface area contributed by atoms with Crippen molar-refractivity contribution in [2.45, 2.75) is 101 Å². The molecule has 0 heterocycles. The molecule has 2 aromatic rings. The average molecular weight is 635 g/mol. The maximum Gasteiger partial charge on any atom is 0.240 e. The first-order valence-corrected chi connectivity index (χ1v) is 19.5. The molecule has 3 aliphatic rings. The number of benzene rings is 2. The van der Waals surface area contributed by atoms with Gasteiger partial charge in [-0.3, -0.25) is 0 Å².